The zero-order chi connectivity index (χ0) is 15.1. The molecule has 4 aromatic heterocycles. The molecule has 110 valence electrons. The van der Waals surface area contributed by atoms with Crippen LogP contribution in [0.1, 0.15) is 18.2 Å². The molecule has 6 heteroatoms. The molecule has 0 aliphatic rings. The Balaban J connectivity index is 1.81. The van der Waals surface area contributed by atoms with Gasteiger partial charge in [-0.2, -0.15) is 16.3 Å². The molecule has 22 heavy (non-hydrogen) atoms. The molecular weight excluding hydrogens is 296 g/mol. The monoisotopic (exact) mass is 310 g/mol. The number of aryl methyl sites for hydroxylation is 2. The molecule has 4 heterocycles. The highest BCUT2D eigenvalue weighted by atomic mass is 32.1. The number of hydrogen-bond donors (Lipinski definition) is 0. The summed E-state index contributed by atoms with van der Waals surface area (Å²) in [7, 11) is 0. The molecule has 0 atom stereocenters. The third-order valence-corrected chi connectivity index (χ3v) is 4.65. The number of thiophene rings is 1. The summed E-state index contributed by atoms with van der Waals surface area (Å²) < 4.78 is 7.51. The van der Waals surface area contributed by atoms with Gasteiger partial charge in [0.2, 0.25) is 5.82 Å². The third-order valence-electron chi connectivity index (χ3n) is 3.86. The average molecular weight is 310 g/mol. The van der Waals surface area contributed by atoms with E-state index in [-0.39, 0.29) is 0 Å². The molecular formula is C16H14N4OS. The van der Waals surface area contributed by atoms with Gasteiger partial charge in [0.15, 0.2) is 0 Å². The van der Waals surface area contributed by atoms with Crippen LogP contribution in [-0.4, -0.2) is 19.5 Å². The molecule has 0 bridgehead atoms. The lowest BCUT2D eigenvalue weighted by atomic mass is 10.1. The lowest BCUT2D eigenvalue weighted by Crippen LogP contribution is -1.93. The van der Waals surface area contributed by atoms with Gasteiger partial charge < -0.3 is 8.92 Å². The van der Waals surface area contributed by atoms with Crippen LogP contribution in [0, 0.1) is 6.92 Å². The first-order chi connectivity index (χ1) is 10.8. The molecule has 0 aliphatic heterocycles. The molecule has 0 aliphatic carbocycles. The van der Waals surface area contributed by atoms with E-state index in [0.29, 0.717) is 11.7 Å². The summed E-state index contributed by atoms with van der Waals surface area (Å²) in [5.41, 5.74) is 5.32. The smallest absolute Gasteiger partial charge is 0.260 e. The summed E-state index contributed by atoms with van der Waals surface area (Å²) in [6.07, 6.45) is 4.58. The van der Waals surface area contributed by atoms with Gasteiger partial charge in [0.1, 0.15) is 0 Å². The van der Waals surface area contributed by atoms with Crippen molar-refractivity contribution in [2.45, 2.75) is 20.3 Å². The van der Waals surface area contributed by atoms with E-state index in [2.05, 4.69) is 32.8 Å². The van der Waals surface area contributed by atoms with E-state index in [1.54, 1.807) is 17.7 Å². The quantitative estimate of drug-likeness (QED) is 0.574. The summed E-state index contributed by atoms with van der Waals surface area (Å²) in [6.45, 7) is 4.15. The molecule has 0 amide bonds. The van der Waals surface area contributed by atoms with Crippen molar-refractivity contribution in [1.82, 2.24) is 19.5 Å². The van der Waals surface area contributed by atoms with Crippen molar-refractivity contribution in [2.75, 3.05) is 0 Å². The Bertz CT molecular complexity index is 950. The minimum Gasteiger partial charge on any atom is -0.334 e. The molecule has 0 unspecified atom stereocenters. The summed E-state index contributed by atoms with van der Waals surface area (Å²) in [5, 5.41) is 8.35. The maximum atomic E-state index is 5.49. The van der Waals surface area contributed by atoms with Gasteiger partial charge in [0.05, 0.1) is 23.6 Å². The maximum Gasteiger partial charge on any atom is 0.260 e. The first kappa shape index (κ1) is 13.2. The van der Waals surface area contributed by atoms with E-state index in [9.17, 15) is 0 Å². The third kappa shape index (κ3) is 1.95. The van der Waals surface area contributed by atoms with Crippen molar-refractivity contribution < 1.29 is 4.52 Å². The Kier molecular flexibility index (Phi) is 3.04. The fourth-order valence-corrected chi connectivity index (χ4v) is 3.51. The van der Waals surface area contributed by atoms with Gasteiger partial charge in [0.25, 0.3) is 5.89 Å². The molecule has 4 aromatic rings. The molecule has 0 saturated carbocycles. The number of pyridine rings is 1. The second kappa shape index (κ2) is 5.06. The summed E-state index contributed by atoms with van der Waals surface area (Å²) in [6, 6.07) is 4.00. The van der Waals surface area contributed by atoms with Crippen LogP contribution in [0.3, 0.4) is 0 Å². The molecule has 0 saturated heterocycles. The number of aromatic nitrogens is 4. The molecule has 5 nitrogen and oxygen atoms in total. The highest BCUT2D eigenvalue weighted by molar-refractivity contribution is 7.08. The maximum absolute atomic E-state index is 5.49. The highest BCUT2D eigenvalue weighted by Crippen LogP contribution is 2.29. The predicted molar refractivity (Wildman–Crippen MR) is 85.9 cm³/mol. The Labute approximate surface area is 131 Å². The van der Waals surface area contributed by atoms with Crippen molar-refractivity contribution in [1.29, 1.82) is 0 Å². The normalized spacial score (nSPS) is 11.4. The number of imidazole rings is 1. The second-order valence-electron chi connectivity index (χ2n) is 5.11. The van der Waals surface area contributed by atoms with Crippen molar-refractivity contribution in [3.63, 3.8) is 0 Å². The molecule has 0 radical (unpaired) electrons. The fraction of sp³-hybridized carbons (Fsp3) is 0.188. The fourth-order valence-electron chi connectivity index (χ4n) is 2.59. The highest BCUT2D eigenvalue weighted by Gasteiger charge is 2.16. The zero-order valence-corrected chi connectivity index (χ0v) is 13.1. The van der Waals surface area contributed by atoms with Crippen LogP contribution in [0.25, 0.3) is 28.4 Å². The van der Waals surface area contributed by atoms with Crippen LogP contribution >= 0.6 is 11.3 Å². The van der Waals surface area contributed by atoms with Crippen LogP contribution in [0.2, 0.25) is 0 Å². The first-order valence-corrected chi connectivity index (χ1v) is 8.03. The standard InChI is InChI=1S/C16H14N4OS/c1-3-11-7-22-8-14(11)15-18-16(21-19-15)13-5-4-12-6-17-9-20(12)10(13)2/h4-9H,3H2,1-2H3. The number of fused-ring (bicyclic) bond motifs is 1. The van der Waals surface area contributed by atoms with Gasteiger partial charge in [-0.3, -0.25) is 0 Å². The van der Waals surface area contributed by atoms with E-state index in [1.165, 1.54) is 5.56 Å². The summed E-state index contributed by atoms with van der Waals surface area (Å²) >= 11 is 1.66. The average Bonchev–Trinajstić information content (AvgIpc) is 3.26. The van der Waals surface area contributed by atoms with E-state index < -0.39 is 0 Å². The Morgan fingerprint density at radius 1 is 1.23 bits per heavy atom. The second-order valence-corrected chi connectivity index (χ2v) is 5.85. The van der Waals surface area contributed by atoms with Crippen LogP contribution in [0.5, 0.6) is 0 Å². The number of nitrogens with zero attached hydrogens (tertiary/aromatic N) is 4. The van der Waals surface area contributed by atoms with Crippen molar-refractivity contribution in [3.05, 3.63) is 46.7 Å². The van der Waals surface area contributed by atoms with Gasteiger partial charge in [0, 0.05) is 16.6 Å². The van der Waals surface area contributed by atoms with E-state index in [4.69, 9.17) is 4.52 Å². The first-order valence-electron chi connectivity index (χ1n) is 7.09. The molecule has 4 rings (SSSR count). The van der Waals surface area contributed by atoms with Crippen LogP contribution < -0.4 is 0 Å². The minimum atomic E-state index is 0.538. The van der Waals surface area contributed by atoms with E-state index in [1.807, 2.05) is 29.7 Å². The van der Waals surface area contributed by atoms with Crippen molar-refractivity contribution in [3.8, 4) is 22.8 Å². The van der Waals surface area contributed by atoms with Crippen LogP contribution in [0.15, 0.2) is 39.9 Å². The lowest BCUT2D eigenvalue weighted by Gasteiger charge is -2.03. The van der Waals surface area contributed by atoms with Gasteiger partial charge in [-0.1, -0.05) is 12.1 Å². The van der Waals surface area contributed by atoms with Gasteiger partial charge >= 0.3 is 0 Å². The zero-order valence-electron chi connectivity index (χ0n) is 12.3. The predicted octanol–water partition coefficient (Wildman–Crippen LogP) is 3.98. The molecule has 0 fully saturated rings. The van der Waals surface area contributed by atoms with Gasteiger partial charge in [-0.25, -0.2) is 4.98 Å². The Morgan fingerprint density at radius 3 is 3.00 bits per heavy atom. The largest absolute Gasteiger partial charge is 0.334 e. The SMILES string of the molecule is CCc1cscc1-c1noc(-c2ccc3cncn3c2C)n1. The van der Waals surface area contributed by atoms with Gasteiger partial charge in [-0.15, -0.1) is 0 Å². The Morgan fingerprint density at radius 2 is 2.14 bits per heavy atom. The van der Waals surface area contributed by atoms with Crippen molar-refractivity contribution in [2.24, 2.45) is 0 Å². The molecule has 0 N–H and O–H groups in total. The summed E-state index contributed by atoms with van der Waals surface area (Å²) in [5.74, 6) is 1.19. The number of rotatable bonds is 3. The summed E-state index contributed by atoms with van der Waals surface area (Å²) in [4.78, 5) is 8.74. The molecule has 0 aromatic carbocycles. The Hall–Kier alpha value is -2.47. The van der Waals surface area contributed by atoms with E-state index in [0.717, 1.165) is 28.8 Å². The lowest BCUT2D eigenvalue weighted by molar-refractivity contribution is 0.432. The minimum absolute atomic E-state index is 0.538. The van der Waals surface area contributed by atoms with Crippen LogP contribution in [0.4, 0.5) is 0 Å². The van der Waals surface area contributed by atoms with Crippen LogP contribution in [-0.2, 0) is 6.42 Å². The van der Waals surface area contributed by atoms with E-state index >= 15 is 0 Å². The van der Waals surface area contributed by atoms with Gasteiger partial charge in [-0.05, 0) is 36.4 Å². The topological polar surface area (TPSA) is 56.2 Å². The number of hydrogen-bond acceptors (Lipinski definition) is 5. The van der Waals surface area contributed by atoms with Crippen molar-refractivity contribution >= 4 is 16.9 Å². The molecule has 0 spiro atoms.